The second-order valence-electron chi connectivity index (χ2n) is 3.72. The van der Waals surface area contributed by atoms with Gasteiger partial charge < -0.3 is 10.6 Å². The zero-order valence-electron chi connectivity index (χ0n) is 8.95. The van der Waals surface area contributed by atoms with Crippen LogP contribution in [0.15, 0.2) is 12.4 Å². The minimum Gasteiger partial charge on any atom is -0.315 e. The fraction of sp³-hybridized carbons (Fsp3) is 0.600. The van der Waals surface area contributed by atoms with Gasteiger partial charge in [0.25, 0.3) is 0 Å². The molecule has 2 rings (SSSR count). The van der Waals surface area contributed by atoms with Crippen LogP contribution in [0.5, 0.6) is 0 Å². The van der Waals surface area contributed by atoms with Crippen molar-refractivity contribution >= 4 is 24.0 Å². The Bertz CT molecular complexity index is 315. The average molecular weight is 263 g/mol. The van der Waals surface area contributed by atoms with Crippen LogP contribution in [0.25, 0.3) is 0 Å². The second kappa shape index (κ2) is 7.01. The van der Waals surface area contributed by atoms with Crippen molar-refractivity contribution in [2.45, 2.75) is 25.4 Å². The molecule has 0 bridgehead atoms. The molecular formula is C10H16Cl2N4. The van der Waals surface area contributed by atoms with Gasteiger partial charge in [-0.25, -0.2) is 4.98 Å². The van der Waals surface area contributed by atoms with Crippen molar-refractivity contribution in [3.63, 3.8) is 0 Å². The Hall–Kier alpha value is -0.420. The Morgan fingerprint density at radius 3 is 2.94 bits per heavy atom. The topological polar surface area (TPSA) is 49.8 Å². The van der Waals surface area contributed by atoms with Crippen molar-refractivity contribution in [1.29, 1.82) is 0 Å². The van der Waals surface area contributed by atoms with Crippen LogP contribution in [0, 0.1) is 0 Å². The molecular weight excluding hydrogens is 247 g/mol. The predicted octanol–water partition coefficient (Wildman–Crippen LogP) is 1.39. The zero-order chi connectivity index (χ0) is 10.5. The van der Waals surface area contributed by atoms with E-state index in [1.165, 1.54) is 12.8 Å². The first-order valence-corrected chi connectivity index (χ1v) is 5.63. The Labute approximate surface area is 107 Å². The van der Waals surface area contributed by atoms with E-state index in [1.54, 1.807) is 12.4 Å². The molecule has 0 aromatic carbocycles. The number of hydrogen-bond donors (Lipinski definition) is 2. The third-order valence-electron chi connectivity index (χ3n) is 2.58. The third-order valence-corrected chi connectivity index (χ3v) is 2.89. The first kappa shape index (κ1) is 13.6. The molecule has 1 atom stereocenters. The highest BCUT2D eigenvalue weighted by atomic mass is 35.5. The van der Waals surface area contributed by atoms with E-state index in [-0.39, 0.29) is 12.4 Å². The van der Waals surface area contributed by atoms with E-state index >= 15 is 0 Å². The fourth-order valence-corrected chi connectivity index (χ4v) is 1.91. The normalized spacial score (nSPS) is 20.2. The highest BCUT2D eigenvalue weighted by Crippen LogP contribution is 2.09. The molecule has 1 fully saturated rings. The minimum absolute atomic E-state index is 0. The van der Waals surface area contributed by atoms with Crippen LogP contribution in [0.3, 0.4) is 0 Å². The molecule has 0 saturated carbocycles. The van der Waals surface area contributed by atoms with Gasteiger partial charge in [-0.3, -0.25) is 4.98 Å². The van der Waals surface area contributed by atoms with Gasteiger partial charge in [0.15, 0.2) is 5.15 Å². The van der Waals surface area contributed by atoms with E-state index in [0.717, 1.165) is 18.8 Å². The van der Waals surface area contributed by atoms with Crippen LogP contribution in [-0.4, -0.2) is 29.1 Å². The monoisotopic (exact) mass is 262 g/mol. The van der Waals surface area contributed by atoms with Gasteiger partial charge in [0.2, 0.25) is 0 Å². The lowest BCUT2D eigenvalue weighted by Gasteiger charge is -2.23. The third kappa shape index (κ3) is 3.87. The van der Waals surface area contributed by atoms with Gasteiger partial charge in [0, 0.05) is 31.5 Å². The van der Waals surface area contributed by atoms with Gasteiger partial charge in [-0.1, -0.05) is 11.6 Å². The van der Waals surface area contributed by atoms with E-state index in [2.05, 4.69) is 20.6 Å². The Morgan fingerprint density at radius 1 is 1.44 bits per heavy atom. The molecule has 1 saturated heterocycles. The van der Waals surface area contributed by atoms with Gasteiger partial charge in [-0.05, 0) is 19.4 Å². The van der Waals surface area contributed by atoms with Gasteiger partial charge in [0.1, 0.15) is 0 Å². The molecule has 0 spiro atoms. The Kier molecular flexibility index (Phi) is 5.98. The molecule has 1 aliphatic rings. The summed E-state index contributed by atoms with van der Waals surface area (Å²) in [6.45, 7) is 2.85. The van der Waals surface area contributed by atoms with E-state index in [9.17, 15) is 0 Å². The first-order chi connectivity index (χ1) is 7.36. The summed E-state index contributed by atoms with van der Waals surface area (Å²) in [5.41, 5.74) is 0.824. The molecule has 2 N–H and O–H groups in total. The van der Waals surface area contributed by atoms with Crippen molar-refractivity contribution in [2.75, 3.05) is 13.1 Å². The highest BCUT2D eigenvalue weighted by molar-refractivity contribution is 6.29. The van der Waals surface area contributed by atoms with Crippen molar-refractivity contribution in [2.24, 2.45) is 0 Å². The number of hydrogen-bond acceptors (Lipinski definition) is 4. The smallest absolute Gasteiger partial charge is 0.151 e. The molecule has 1 aromatic heterocycles. The molecule has 6 heteroatoms. The minimum atomic E-state index is 0. The molecule has 1 aliphatic heterocycles. The molecule has 0 radical (unpaired) electrons. The maximum Gasteiger partial charge on any atom is 0.151 e. The Balaban J connectivity index is 0.00000128. The summed E-state index contributed by atoms with van der Waals surface area (Å²) < 4.78 is 0. The maximum absolute atomic E-state index is 5.91. The molecule has 2 heterocycles. The number of piperidine rings is 1. The van der Waals surface area contributed by atoms with Crippen LogP contribution in [0.2, 0.25) is 5.15 Å². The van der Waals surface area contributed by atoms with Crippen molar-refractivity contribution in [3.8, 4) is 0 Å². The molecule has 1 aromatic rings. The first-order valence-electron chi connectivity index (χ1n) is 5.26. The number of nitrogens with one attached hydrogen (secondary N) is 2. The SMILES string of the molecule is Cl.Clc1nccnc1CN[C@H]1CCCNC1. The van der Waals surface area contributed by atoms with Crippen molar-refractivity contribution in [3.05, 3.63) is 23.2 Å². The number of aromatic nitrogens is 2. The molecule has 16 heavy (non-hydrogen) atoms. The summed E-state index contributed by atoms with van der Waals surface area (Å²) in [4.78, 5) is 8.18. The van der Waals surface area contributed by atoms with Crippen molar-refractivity contribution in [1.82, 2.24) is 20.6 Å². The van der Waals surface area contributed by atoms with Gasteiger partial charge in [0.05, 0.1) is 5.69 Å². The number of nitrogens with zero attached hydrogens (tertiary/aromatic N) is 2. The van der Waals surface area contributed by atoms with E-state index in [0.29, 0.717) is 17.7 Å². The lowest BCUT2D eigenvalue weighted by molar-refractivity contribution is 0.387. The van der Waals surface area contributed by atoms with Crippen molar-refractivity contribution < 1.29 is 0 Å². The van der Waals surface area contributed by atoms with Gasteiger partial charge in [-0.2, -0.15) is 0 Å². The summed E-state index contributed by atoms with van der Waals surface area (Å²) in [7, 11) is 0. The average Bonchev–Trinajstić information content (AvgIpc) is 2.29. The Morgan fingerprint density at radius 2 is 2.25 bits per heavy atom. The number of halogens is 2. The largest absolute Gasteiger partial charge is 0.315 e. The van der Waals surface area contributed by atoms with E-state index in [1.807, 2.05) is 0 Å². The van der Waals surface area contributed by atoms with Crippen LogP contribution in [0.4, 0.5) is 0 Å². The predicted molar refractivity (Wildman–Crippen MR) is 67.0 cm³/mol. The summed E-state index contributed by atoms with van der Waals surface area (Å²) in [6, 6.07) is 0.525. The van der Waals surface area contributed by atoms with Gasteiger partial charge >= 0.3 is 0 Å². The molecule has 90 valence electrons. The van der Waals surface area contributed by atoms with E-state index in [4.69, 9.17) is 11.6 Å². The van der Waals surface area contributed by atoms with Crippen LogP contribution in [-0.2, 0) is 6.54 Å². The quantitative estimate of drug-likeness (QED) is 0.865. The lowest BCUT2D eigenvalue weighted by Crippen LogP contribution is -2.42. The summed E-state index contributed by atoms with van der Waals surface area (Å²) in [5, 5.41) is 7.28. The maximum atomic E-state index is 5.91. The zero-order valence-corrected chi connectivity index (χ0v) is 10.5. The molecule has 0 amide bonds. The van der Waals surface area contributed by atoms with E-state index < -0.39 is 0 Å². The summed E-state index contributed by atoms with van der Waals surface area (Å²) in [5.74, 6) is 0. The summed E-state index contributed by atoms with van der Waals surface area (Å²) in [6.07, 6.45) is 5.72. The van der Waals surface area contributed by atoms with Crippen LogP contribution >= 0.6 is 24.0 Å². The van der Waals surface area contributed by atoms with Crippen LogP contribution < -0.4 is 10.6 Å². The molecule has 0 aliphatic carbocycles. The highest BCUT2D eigenvalue weighted by Gasteiger charge is 2.12. The fourth-order valence-electron chi connectivity index (χ4n) is 1.74. The summed E-state index contributed by atoms with van der Waals surface area (Å²) >= 11 is 5.91. The lowest BCUT2D eigenvalue weighted by atomic mass is 10.1. The molecule has 0 unspecified atom stereocenters. The number of rotatable bonds is 3. The van der Waals surface area contributed by atoms with Gasteiger partial charge in [-0.15, -0.1) is 12.4 Å². The second-order valence-corrected chi connectivity index (χ2v) is 4.08. The standard InChI is InChI=1S/C10H15ClN4.ClH/c11-10-9(13-4-5-14-10)7-15-8-2-1-3-12-6-8;/h4-5,8,12,15H,1-3,6-7H2;1H/t8-;/m0./s1. The molecule has 4 nitrogen and oxygen atoms in total. The van der Waals surface area contributed by atoms with Crippen LogP contribution in [0.1, 0.15) is 18.5 Å².